The zero-order valence-electron chi connectivity index (χ0n) is 8.79. The summed E-state index contributed by atoms with van der Waals surface area (Å²) in [5.41, 5.74) is 0.871. The summed E-state index contributed by atoms with van der Waals surface area (Å²) < 4.78 is 5.29. The molecule has 80 valence electrons. The van der Waals surface area contributed by atoms with Gasteiger partial charge in [0.05, 0.1) is 11.6 Å². The Morgan fingerprint density at radius 1 is 1.33 bits per heavy atom. The molecule has 0 saturated carbocycles. The third-order valence-corrected chi connectivity index (χ3v) is 2.22. The molecule has 0 aliphatic heterocycles. The van der Waals surface area contributed by atoms with Crippen LogP contribution in [0.1, 0.15) is 6.92 Å². The van der Waals surface area contributed by atoms with E-state index in [0.29, 0.717) is 0 Å². The SMILES string of the molecule is CCNCCNc1nccc2occc12. The average Bonchev–Trinajstić information content (AvgIpc) is 2.73. The van der Waals surface area contributed by atoms with Gasteiger partial charge in [-0.2, -0.15) is 0 Å². The Hall–Kier alpha value is -1.55. The number of aromatic nitrogens is 1. The lowest BCUT2D eigenvalue weighted by Gasteiger charge is -2.06. The van der Waals surface area contributed by atoms with Gasteiger partial charge in [0.2, 0.25) is 0 Å². The smallest absolute Gasteiger partial charge is 0.139 e. The van der Waals surface area contributed by atoms with Crippen LogP contribution in [-0.4, -0.2) is 24.6 Å². The molecule has 2 aromatic heterocycles. The van der Waals surface area contributed by atoms with E-state index in [9.17, 15) is 0 Å². The molecule has 2 rings (SSSR count). The normalized spacial score (nSPS) is 10.7. The molecule has 15 heavy (non-hydrogen) atoms. The van der Waals surface area contributed by atoms with E-state index in [1.807, 2.05) is 12.1 Å². The van der Waals surface area contributed by atoms with Crippen LogP contribution in [0.5, 0.6) is 0 Å². The lowest BCUT2D eigenvalue weighted by molar-refractivity contribution is 0.615. The fraction of sp³-hybridized carbons (Fsp3) is 0.364. The minimum Gasteiger partial charge on any atom is -0.464 e. The summed E-state index contributed by atoms with van der Waals surface area (Å²) in [5.74, 6) is 0.888. The van der Waals surface area contributed by atoms with Crippen molar-refractivity contribution < 1.29 is 4.42 Å². The molecule has 0 spiro atoms. The Labute approximate surface area is 88.7 Å². The molecule has 0 fully saturated rings. The average molecular weight is 205 g/mol. The third-order valence-electron chi connectivity index (χ3n) is 2.22. The van der Waals surface area contributed by atoms with Gasteiger partial charge < -0.3 is 15.1 Å². The first-order valence-corrected chi connectivity index (χ1v) is 5.18. The van der Waals surface area contributed by atoms with Gasteiger partial charge in [-0.15, -0.1) is 0 Å². The highest BCUT2D eigenvalue weighted by atomic mass is 16.3. The van der Waals surface area contributed by atoms with Gasteiger partial charge in [-0.25, -0.2) is 4.98 Å². The van der Waals surface area contributed by atoms with Crippen LogP contribution in [0, 0.1) is 0 Å². The summed E-state index contributed by atoms with van der Waals surface area (Å²) in [5, 5.41) is 7.56. The highest BCUT2D eigenvalue weighted by Gasteiger charge is 2.02. The number of likely N-dealkylation sites (N-methyl/N-ethyl adjacent to an activating group) is 1. The lowest BCUT2D eigenvalue weighted by Crippen LogP contribution is -2.21. The predicted molar refractivity (Wildman–Crippen MR) is 61.0 cm³/mol. The highest BCUT2D eigenvalue weighted by molar-refractivity contribution is 5.87. The van der Waals surface area contributed by atoms with Crippen molar-refractivity contribution in [3.8, 4) is 0 Å². The molecule has 0 saturated heterocycles. The van der Waals surface area contributed by atoms with Gasteiger partial charge in [0.1, 0.15) is 11.4 Å². The van der Waals surface area contributed by atoms with Gasteiger partial charge in [0, 0.05) is 19.3 Å². The van der Waals surface area contributed by atoms with Crippen molar-refractivity contribution >= 4 is 16.8 Å². The zero-order chi connectivity index (χ0) is 10.5. The number of rotatable bonds is 5. The first kappa shape index (κ1) is 9.98. The molecule has 0 atom stereocenters. The number of fused-ring (bicyclic) bond motifs is 1. The molecule has 0 bridgehead atoms. The third kappa shape index (κ3) is 2.27. The van der Waals surface area contributed by atoms with Gasteiger partial charge in [-0.05, 0) is 18.7 Å². The van der Waals surface area contributed by atoms with Gasteiger partial charge in [-0.3, -0.25) is 0 Å². The molecule has 0 unspecified atom stereocenters. The van der Waals surface area contributed by atoms with Crippen LogP contribution in [0.25, 0.3) is 11.0 Å². The standard InChI is InChI=1S/C11H15N3O/c1-2-12-6-7-14-11-9-4-8-15-10(9)3-5-13-11/h3-5,8,12H,2,6-7H2,1H3,(H,13,14). The minimum atomic E-state index is 0.866. The van der Waals surface area contributed by atoms with E-state index in [4.69, 9.17) is 4.42 Å². The van der Waals surface area contributed by atoms with Crippen LogP contribution in [0.3, 0.4) is 0 Å². The largest absolute Gasteiger partial charge is 0.464 e. The number of nitrogens with one attached hydrogen (secondary N) is 2. The van der Waals surface area contributed by atoms with Crippen LogP contribution in [0.15, 0.2) is 29.0 Å². The Morgan fingerprint density at radius 2 is 2.27 bits per heavy atom. The van der Waals surface area contributed by atoms with Gasteiger partial charge in [0.15, 0.2) is 0 Å². The molecular formula is C11H15N3O. The topological polar surface area (TPSA) is 50.1 Å². The van der Waals surface area contributed by atoms with Crippen molar-refractivity contribution in [2.75, 3.05) is 25.0 Å². The van der Waals surface area contributed by atoms with Crippen molar-refractivity contribution in [2.24, 2.45) is 0 Å². The van der Waals surface area contributed by atoms with Crippen molar-refractivity contribution in [1.29, 1.82) is 0 Å². The number of pyridine rings is 1. The number of nitrogens with zero attached hydrogens (tertiary/aromatic N) is 1. The Balaban J connectivity index is 2.04. The van der Waals surface area contributed by atoms with E-state index in [1.54, 1.807) is 12.5 Å². The summed E-state index contributed by atoms with van der Waals surface area (Å²) >= 11 is 0. The molecule has 2 N–H and O–H groups in total. The molecule has 4 nitrogen and oxygen atoms in total. The van der Waals surface area contributed by atoms with E-state index in [2.05, 4.69) is 22.5 Å². The molecule has 2 heterocycles. The minimum absolute atomic E-state index is 0.866. The second-order valence-electron chi connectivity index (χ2n) is 3.27. The van der Waals surface area contributed by atoms with E-state index >= 15 is 0 Å². The Bertz CT molecular complexity index is 424. The first-order chi connectivity index (χ1) is 7.42. The number of furan rings is 1. The van der Waals surface area contributed by atoms with Crippen LogP contribution in [0.4, 0.5) is 5.82 Å². The summed E-state index contributed by atoms with van der Waals surface area (Å²) in [4.78, 5) is 4.28. The van der Waals surface area contributed by atoms with Crippen molar-refractivity contribution in [3.63, 3.8) is 0 Å². The van der Waals surface area contributed by atoms with Crippen molar-refractivity contribution in [1.82, 2.24) is 10.3 Å². The Morgan fingerprint density at radius 3 is 3.13 bits per heavy atom. The number of anilines is 1. The molecule has 4 heteroatoms. The second kappa shape index (κ2) is 4.79. The molecular weight excluding hydrogens is 190 g/mol. The molecule has 2 aromatic rings. The summed E-state index contributed by atoms with van der Waals surface area (Å²) in [6.07, 6.45) is 3.43. The Kier molecular flexibility index (Phi) is 3.19. The maximum atomic E-state index is 5.29. The second-order valence-corrected chi connectivity index (χ2v) is 3.27. The zero-order valence-corrected chi connectivity index (χ0v) is 8.79. The van der Waals surface area contributed by atoms with E-state index in [0.717, 1.165) is 36.4 Å². The van der Waals surface area contributed by atoms with E-state index < -0.39 is 0 Å². The van der Waals surface area contributed by atoms with Crippen LogP contribution in [0.2, 0.25) is 0 Å². The van der Waals surface area contributed by atoms with E-state index in [1.165, 1.54) is 0 Å². The predicted octanol–water partition coefficient (Wildman–Crippen LogP) is 1.85. The summed E-state index contributed by atoms with van der Waals surface area (Å²) in [7, 11) is 0. The fourth-order valence-electron chi connectivity index (χ4n) is 1.48. The number of hydrogen-bond acceptors (Lipinski definition) is 4. The summed E-state index contributed by atoms with van der Waals surface area (Å²) in [6, 6.07) is 3.79. The first-order valence-electron chi connectivity index (χ1n) is 5.18. The molecule has 0 aliphatic rings. The van der Waals surface area contributed by atoms with Crippen molar-refractivity contribution in [2.45, 2.75) is 6.92 Å². The monoisotopic (exact) mass is 205 g/mol. The lowest BCUT2D eigenvalue weighted by atomic mass is 10.3. The fourth-order valence-corrected chi connectivity index (χ4v) is 1.48. The van der Waals surface area contributed by atoms with E-state index in [-0.39, 0.29) is 0 Å². The van der Waals surface area contributed by atoms with Crippen molar-refractivity contribution in [3.05, 3.63) is 24.6 Å². The van der Waals surface area contributed by atoms with Crippen LogP contribution >= 0.6 is 0 Å². The van der Waals surface area contributed by atoms with Crippen LogP contribution in [-0.2, 0) is 0 Å². The molecule has 0 aliphatic carbocycles. The van der Waals surface area contributed by atoms with Gasteiger partial charge >= 0.3 is 0 Å². The van der Waals surface area contributed by atoms with Crippen LogP contribution < -0.4 is 10.6 Å². The summed E-state index contributed by atoms with van der Waals surface area (Å²) in [6.45, 7) is 4.89. The molecule has 0 radical (unpaired) electrons. The maximum absolute atomic E-state index is 5.29. The van der Waals surface area contributed by atoms with Gasteiger partial charge in [0.25, 0.3) is 0 Å². The van der Waals surface area contributed by atoms with Gasteiger partial charge in [-0.1, -0.05) is 6.92 Å². The highest BCUT2D eigenvalue weighted by Crippen LogP contribution is 2.21. The number of hydrogen-bond donors (Lipinski definition) is 2. The molecule has 0 aromatic carbocycles. The maximum Gasteiger partial charge on any atom is 0.139 e. The molecule has 0 amide bonds. The quantitative estimate of drug-likeness (QED) is 0.731.